The summed E-state index contributed by atoms with van der Waals surface area (Å²) in [5, 5.41) is -0.255. The number of hydrogen-bond acceptors (Lipinski definition) is 2. The molecule has 15 heavy (non-hydrogen) atoms. The van der Waals surface area contributed by atoms with E-state index in [1.54, 1.807) is 0 Å². The van der Waals surface area contributed by atoms with Crippen molar-refractivity contribution in [2.75, 3.05) is 13.1 Å². The van der Waals surface area contributed by atoms with Gasteiger partial charge in [-0.15, -0.1) is 0 Å². The molecule has 0 aliphatic carbocycles. The molecule has 2 nitrogen and oxygen atoms in total. The third-order valence-electron chi connectivity index (χ3n) is 2.83. The Bertz CT molecular complexity index is 184. The summed E-state index contributed by atoms with van der Waals surface area (Å²) in [4.78, 5) is 13.6. The van der Waals surface area contributed by atoms with Crippen LogP contribution in [0.4, 0.5) is 0 Å². The first kappa shape index (κ1) is 14.9. The third-order valence-corrected chi connectivity index (χ3v) is 3.30. The lowest BCUT2D eigenvalue weighted by molar-refractivity contribution is -0.121. The molecule has 0 aliphatic rings. The predicted molar refractivity (Wildman–Crippen MR) is 66.3 cm³/mol. The van der Waals surface area contributed by atoms with Gasteiger partial charge in [0.15, 0.2) is 0 Å². The van der Waals surface area contributed by atoms with E-state index in [9.17, 15) is 4.79 Å². The Morgan fingerprint density at radius 1 is 1.13 bits per heavy atom. The monoisotopic (exact) mass is 233 g/mol. The van der Waals surface area contributed by atoms with Crippen LogP contribution >= 0.6 is 11.6 Å². The van der Waals surface area contributed by atoms with Gasteiger partial charge in [0, 0.05) is 0 Å². The average Bonchev–Trinajstić information content (AvgIpc) is 2.17. The zero-order valence-corrected chi connectivity index (χ0v) is 11.2. The SMILES string of the molecule is CCCCN(CCCC)C(C)(C)C(=O)Cl. The van der Waals surface area contributed by atoms with Gasteiger partial charge >= 0.3 is 0 Å². The van der Waals surface area contributed by atoms with Crippen LogP contribution in [0.15, 0.2) is 0 Å². The molecule has 0 saturated carbocycles. The van der Waals surface area contributed by atoms with Gasteiger partial charge in [-0.1, -0.05) is 26.7 Å². The van der Waals surface area contributed by atoms with Crippen molar-refractivity contribution in [3.8, 4) is 0 Å². The van der Waals surface area contributed by atoms with E-state index in [4.69, 9.17) is 11.6 Å². The van der Waals surface area contributed by atoms with Crippen LogP contribution in [0.1, 0.15) is 53.4 Å². The quantitative estimate of drug-likeness (QED) is 0.599. The number of carbonyl (C=O) groups excluding carboxylic acids is 1. The molecule has 0 unspecified atom stereocenters. The summed E-state index contributed by atoms with van der Waals surface area (Å²) in [5.41, 5.74) is -0.522. The van der Waals surface area contributed by atoms with Gasteiger partial charge in [-0.05, 0) is 51.4 Å². The van der Waals surface area contributed by atoms with Gasteiger partial charge in [-0.3, -0.25) is 9.69 Å². The van der Waals surface area contributed by atoms with Crippen molar-refractivity contribution in [3.05, 3.63) is 0 Å². The summed E-state index contributed by atoms with van der Waals surface area (Å²) in [6.07, 6.45) is 4.54. The Labute approximate surface area is 99.0 Å². The number of carbonyl (C=O) groups is 1. The second kappa shape index (κ2) is 7.24. The van der Waals surface area contributed by atoms with E-state index in [2.05, 4.69) is 18.7 Å². The van der Waals surface area contributed by atoms with Crippen molar-refractivity contribution in [2.24, 2.45) is 0 Å². The fourth-order valence-corrected chi connectivity index (χ4v) is 1.61. The molecule has 0 aromatic rings. The molecule has 0 amide bonds. The second-order valence-corrected chi connectivity index (χ2v) is 4.87. The van der Waals surface area contributed by atoms with Crippen LogP contribution in [0.2, 0.25) is 0 Å². The Morgan fingerprint density at radius 2 is 1.53 bits per heavy atom. The number of halogens is 1. The molecule has 0 radical (unpaired) electrons. The minimum absolute atomic E-state index is 0.255. The zero-order chi connectivity index (χ0) is 11.9. The van der Waals surface area contributed by atoms with Crippen molar-refractivity contribution < 1.29 is 4.79 Å². The highest BCUT2D eigenvalue weighted by molar-refractivity contribution is 6.65. The summed E-state index contributed by atoms with van der Waals surface area (Å²) < 4.78 is 0. The van der Waals surface area contributed by atoms with Crippen LogP contribution in [0, 0.1) is 0 Å². The van der Waals surface area contributed by atoms with E-state index < -0.39 is 5.54 Å². The van der Waals surface area contributed by atoms with Gasteiger partial charge in [0.1, 0.15) is 0 Å². The number of hydrogen-bond donors (Lipinski definition) is 0. The molecule has 0 spiro atoms. The minimum Gasteiger partial charge on any atom is -0.290 e. The third kappa shape index (κ3) is 4.98. The maximum Gasteiger partial charge on any atom is 0.241 e. The first-order valence-electron chi connectivity index (χ1n) is 5.91. The van der Waals surface area contributed by atoms with Crippen molar-refractivity contribution in [1.29, 1.82) is 0 Å². The predicted octanol–water partition coefficient (Wildman–Crippen LogP) is 3.43. The first-order valence-corrected chi connectivity index (χ1v) is 6.29. The van der Waals surface area contributed by atoms with Crippen LogP contribution in [-0.2, 0) is 4.79 Å². The Kier molecular flexibility index (Phi) is 7.20. The highest BCUT2D eigenvalue weighted by Crippen LogP contribution is 2.19. The van der Waals surface area contributed by atoms with Gasteiger partial charge in [-0.2, -0.15) is 0 Å². The fourth-order valence-electron chi connectivity index (χ4n) is 1.49. The Hall–Kier alpha value is -0.0800. The summed E-state index contributed by atoms with van der Waals surface area (Å²) in [5.74, 6) is 0. The van der Waals surface area contributed by atoms with Gasteiger partial charge < -0.3 is 0 Å². The second-order valence-electron chi connectivity index (χ2n) is 4.53. The topological polar surface area (TPSA) is 20.3 Å². The van der Waals surface area contributed by atoms with Crippen molar-refractivity contribution in [3.63, 3.8) is 0 Å². The van der Waals surface area contributed by atoms with E-state index in [-0.39, 0.29) is 5.24 Å². The molecular weight excluding hydrogens is 210 g/mol. The van der Waals surface area contributed by atoms with E-state index in [0.29, 0.717) is 0 Å². The smallest absolute Gasteiger partial charge is 0.241 e. The van der Waals surface area contributed by atoms with Crippen molar-refractivity contribution in [1.82, 2.24) is 4.90 Å². The average molecular weight is 234 g/mol. The standard InChI is InChI=1S/C12H24ClNO/c1-5-7-9-14(10-8-6-2)12(3,4)11(13)15/h5-10H2,1-4H3. The van der Waals surface area contributed by atoms with Crippen LogP contribution in [-0.4, -0.2) is 28.8 Å². The van der Waals surface area contributed by atoms with E-state index in [1.807, 2.05) is 13.8 Å². The van der Waals surface area contributed by atoms with Gasteiger partial charge in [0.05, 0.1) is 5.54 Å². The Balaban J connectivity index is 4.38. The van der Waals surface area contributed by atoms with E-state index >= 15 is 0 Å². The minimum atomic E-state index is -0.522. The molecule has 0 atom stereocenters. The first-order chi connectivity index (χ1) is 6.96. The number of rotatable bonds is 8. The molecule has 0 aliphatic heterocycles. The zero-order valence-electron chi connectivity index (χ0n) is 10.5. The highest BCUT2D eigenvalue weighted by atomic mass is 35.5. The van der Waals surface area contributed by atoms with Crippen molar-refractivity contribution >= 4 is 16.8 Å². The van der Waals surface area contributed by atoms with Crippen LogP contribution in [0.5, 0.6) is 0 Å². The molecule has 0 bridgehead atoms. The maximum absolute atomic E-state index is 11.4. The fraction of sp³-hybridized carbons (Fsp3) is 0.917. The maximum atomic E-state index is 11.4. The van der Waals surface area contributed by atoms with Gasteiger partial charge in [0.25, 0.3) is 0 Å². The molecule has 0 saturated heterocycles. The van der Waals surface area contributed by atoms with Crippen LogP contribution < -0.4 is 0 Å². The molecule has 0 heterocycles. The van der Waals surface area contributed by atoms with Crippen LogP contribution in [0.25, 0.3) is 0 Å². The lowest BCUT2D eigenvalue weighted by Crippen LogP contribution is -2.49. The lowest BCUT2D eigenvalue weighted by Gasteiger charge is -2.35. The summed E-state index contributed by atoms with van der Waals surface area (Å²) in [7, 11) is 0. The van der Waals surface area contributed by atoms with Gasteiger partial charge in [-0.25, -0.2) is 0 Å². The summed E-state index contributed by atoms with van der Waals surface area (Å²) in [6, 6.07) is 0. The Morgan fingerprint density at radius 3 is 1.80 bits per heavy atom. The van der Waals surface area contributed by atoms with Crippen LogP contribution in [0.3, 0.4) is 0 Å². The summed E-state index contributed by atoms with van der Waals surface area (Å²) in [6.45, 7) is 10.1. The molecule has 0 fully saturated rings. The highest BCUT2D eigenvalue weighted by Gasteiger charge is 2.32. The summed E-state index contributed by atoms with van der Waals surface area (Å²) >= 11 is 5.64. The molecule has 0 rings (SSSR count). The molecule has 0 aromatic heterocycles. The van der Waals surface area contributed by atoms with E-state index in [0.717, 1.165) is 38.8 Å². The molecule has 0 N–H and O–H groups in total. The molecule has 3 heteroatoms. The molecule has 90 valence electrons. The number of unbranched alkanes of at least 4 members (excludes halogenated alkanes) is 2. The largest absolute Gasteiger partial charge is 0.290 e. The van der Waals surface area contributed by atoms with Gasteiger partial charge in [0.2, 0.25) is 5.24 Å². The van der Waals surface area contributed by atoms with E-state index in [1.165, 1.54) is 0 Å². The molecule has 0 aromatic carbocycles. The number of nitrogens with zero attached hydrogens (tertiary/aromatic N) is 1. The normalized spacial score (nSPS) is 12.1. The van der Waals surface area contributed by atoms with Crippen molar-refractivity contribution in [2.45, 2.75) is 58.9 Å². The molecular formula is C12H24ClNO. The lowest BCUT2D eigenvalue weighted by atomic mass is 10.0.